The Labute approximate surface area is 297 Å². The zero-order valence-electron chi connectivity index (χ0n) is 25.1. The van der Waals surface area contributed by atoms with Crippen LogP contribution in [-0.4, -0.2) is 37.9 Å². The van der Waals surface area contributed by atoms with Crippen molar-refractivity contribution in [1.29, 1.82) is 0 Å². The lowest BCUT2D eigenvalue weighted by Gasteiger charge is -2.03. The average molecular weight is 819 g/mol. The monoisotopic (exact) mass is 816 g/mol. The Balaban J connectivity index is 0.000000232. The van der Waals surface area contributed by atoms with E-state index in [4.69, 9.17) is 26.7 Å². The van der Waals surface area contributed by atoms with Crippen LogP contribution in [-0.2, 0) is 23.1 Å². The van der Waals surface area contributed by atoms with E-state index in [2.05, 4.69) is 41.8 Å². The molecule has 6 aromatic rings. The molecule has 6 rings (SSSR count). The number of H-pyrrole nitrogens is 2. The highest BCUT2D eigenvalue weighted by atomic mass is 79.9. The fourth-order valence-corrected chi connectivity index (χ4v) is 4.61. The third-order valence-electron chi connectivity index (χ3n) is 6.15. The second-order valence-electron chi connectivity index (χ2n) is 9.34. The molecule has 0 saturated carbocycles. The Morgan fingerprint density at radius 2 is 1.12 bits per heavy atom. The number of ether oxygens (including phenoxy) is 1. The molecule has 11 nitrogen and oxygen atoms in total. The lowest BCUT2D eigenvalue weighted by Crippen LogP contribution is -2.15. The first-order chi connectivity index (χ1) is 23.0. The standard InChI is InChI=1S/C12H10O.C11H8BrNO3.C10H8BrNO.2O2S/c1-3-7-11(8-4-1)13-12-9-5-2-6-10-12;1-5-2-6-9(3-8(5)12)13-4-7(10(6)14)11(15)16;1-6-4-7-9(5-8(6)11)12-3-2-10(7)13;2*1-3-2/h1-10H;2-4H,1H3,(H,13,14)(H,15,16);2-5H,1H3,(H,12,13);;. The Bertz CT molecular complexity index is 2130. The average Bonchev–Trinajstić information content (AvgIpc) is 3.06. The number of aryl methyl sites for hydroxylation is 2. The highest BCUT2D eigenvalue weighted by molar-refractivity contribution is 9.10. The summed E-state index contributed by atoms with van der Waals surface area (Å²) in [6.07, 6.45) is 2.88. The summed E-state index contributed by atoms with van der Waals surface area (Å²) in [6, 6.07) is 28.3. The van der Waals surface area contributed by atoms with E-state index in [1.807, 2.05) is 86.6 Å². The van der Waals surface area contributed by atoms with Crippen molar-refractivity contribution >= 4 is 82.8 Å². The number of carbonyl (C=O) groups is 1. The number of para-hydroxylation sites is 2. The zero-order chi connectivity index (χ0) is 35.6. The maximum atomic E-state index is 11.8. The van der Waals surface area contributed by atoms with E-state index in [1.165, 1.54) is 12.3 Å². The number of pyridine rings is 2. The largest absolute Gasteiger partial charge is 0.477 e. The number of aromatic nitrogens is 2. The third-order valence-corrected chi connectivity index (χ3v) is 7.86. The normalized spacial score (nSPS) is 9.50. The number of hydrogen-bond donors (Lipinski definition) is 3. The number of hydrogen-bond acceptors (Lipinski definition) is 8. The predicted octanol–water partition coefficient (Wildman–Crippen LogP) is 7.03. The topological polar surface area (TPSA) is 181 Å². The molecule has 0 spiro atoms. The van der Waals surface area contributed by atoms with E-state index >= 15 is 0 Å². The molecule has 0 aliphatic heterocycles. The summed E-state index contributed by atoms with van der Waals surface area (Å²) in [5.74, 6) is 0.520. The molecular formula is C33H26Br2N2O9S2. The van der Waals surface area contributed by atoms with Crippen molar-refractivity contribution in [1.82, 2.24) is 9.97 Å². The number of halogens is 2. The molecule has 4 aromatic carbocycles. The molecule has 0 fully saturated rings. The molecule has 2 aromatic heterocycles. The van der Waals surface area contributed by atoms with Crippen molar-refractivity contribution in [3.63, 3.8) is 0 Å². The predicted molar refractivity (Wildman–Crippen MR) is 192 cm³/mol. The van der Waals surface area contributed by atoms with Crippen molar-refractivity contribution in [2.24, 2.45) is 0 Å². The minimum atomic E-state index is -1.22. The van der Waals surface area contributed by atoms with Gasteiger partial charge >= 0.3 is 29.1 Å². The summed E-state index contributed by atoms with van der Waals surface area (Å²) < 4.78 is 40.6. The minimum Gasteiger partial charge on any atom is -0.477 e. The number of benzene rings is 4. The van der Waals surface area contributed by atoms with Crippen molar-refractivity contribution in [3.8, 4) is 11.5 Å². The molecule has 248 valence electrons. The Hall–Kier alpha value is -4.83. The van der Waals surface area contributed by atoms with Gasteiger partial charge in [0, 0.05) is 38.2 Å². The van der Waals surface area contributed by atoms with Gasteiger partial charge in [0.1, 0.15) is 17.1 Å². The van der Waals surface area contributed by atoms with Crippen LogP contribution in [0.3, 0.4) is 0 Å². The molecule has 0 radical (unpaired) electrons. The molecule has 3 N–H and O–H groups in total. The van der Waals surface area contributed by atoms with Gasteiger partial charge in [-0.25, -0.2) is 4.79 Å². The Morgan fingerprint density at radius 1 is 0.688 bits per heavy atom. The first kappa shape index (κ1) is 39.3. The Kier molecular flexibility index (Phi) is 16.7. The summed E-state index contributed by atoms with van der Waals surface area (Å²) in [7, 11) is 0. The zero-order valence-corrected chi connectivity index (χ0v) is 29.9. The second-order valence-corrected chi connectivity index (χ2v) is 11.3. The summed E-state index contributed by atoms with van der Waals surface area (Å²) in [4.78, 5) is 39.8. The summed E-state index contributed by atoms with van der Waals surface area (Å²) in [5, 5.41) is 9.95. The number of carboxylic acid groups (broad SMARTS) is 1. The number of aromatic amines is 2. The van der Waals surface area contributed by atoms with Crippen molar-refractivity contribution in [3.05, 3.63) is 149 Å². The van der Waals surface area contributed by atoms with Crippen LogP contribution in [0.4, 0.5) is 0 Å². The van der Waals surface area contributed by atoms with E-state index in [9.17, 15) is 14.4 Å². The molecule has 0 amide bonds. The van der Waals surface area contributed by atoms with Crippen molar-refractivity contribution in [2.45, 2.75) is 13.8 Å². The Morgan fingerprint density at radius 3 is 1.58 bits per heavy atom. The molecule has 0 aliphatic rings. The van der Waals surface area contributed by atoms with Gasteiger partial charge in [-0.3, -0.25) is 9.59 Å². The van der Waals surface area contributed by atoms with Crippen molar-refractivity contribution < 1.29 is 31.5 Å². The highest BCUT2D eigenvalue weighted by Gasteiger charge is 2.12. The quantitative estimate of drug-likeness (QED) is 0.169. The summed E-state index contributed by atoms with van der Waals surface area (Å²) in [6.45, 7) is 3.81. The van der Waals surface area contributed by atoms with Gasteiger partial charge in [-0.15, -0.1) is 0 Å². The van der Waals surface area contributed by atoms with Crippen LogP contribution < -0.4 is 15.6 Å². The number of fused-ring (bicyclic) bond motifs is 2. The van der Waals surface area contributed by atoms with Gasteiger partial charge in [-0.05, 0) is 73.5 Å². The lowest BCUT2D eigenvalue weighted by molar-refractivity contribution is 0.0695. The summed E-state index contributed by atoms with van der Waals surface area (Å²) >= 11 is 5.27. The fraction of sp³-hybridized carbons (Fsp3) is 0.0606. The fourth-order valence-electron chi connectivity index (χ4n) is 3.92. The first-order valence-electron chi connectivity index (χ1n) is 13.4. The molecule has 0 saturated heterocycles. The van der Waals surface area contributed by atoms with Gasteiger partial charge < -0.3 is 19.8 Å². The van der Waals surface area contributed by atoms with Crippen LogP contribution in [0.25, 0.3) is 21.8 Å². The molecule has 2 heterocycles. The molecule has 48 heavy (non-hydrogen) atoms. The van der Waals surface area contributed by atoms with Crippen molar-refractivity contribution in [2.75, 3.05) is 0 Å². The first-order valence-corrected chi connectivity index (χ1v) is 16.3. The SMILES string of the molecule is Cc1cc2c(=O)c(C(=O)O)c[nH]c2cc1Br.Cc1cc2c(=O)cc[nH]c2cc1Br.O=S=O.O=S=O.c1ccc(Oc2ccccc2)cc1. The van der Waals surface area contributed by atoms with Crippen LogP contribution in [0.1, 0.15) is 21.5 Å². The minimum absolute atomic E-state index is 0.0596. The van der Waals surface area contributed by atoms with Crippen LogP contribution in [0.5, 0.6) is 11.5 Å². The number of nitrogens with one attached hydrogen (secondary N) is 2. The van der Waals surface area contributed by atoms with E-state index < -0.39 is 34.5 Å². The van der Waals surface area contributed by atoms with Gasteiger partial charge in [0.15, 0.2) is 5.43 Å². The van der Waals surface area contributed by atoms with Gasteiger partial charge in [-0.2, -0.15) is 16.8 Å². The third kappa shape index (κ3) is 12.1. The van der Waals surface area contributed by atoms with Gasteiger partial charge in [0.2, 0.25) is 5.43 Å². The highest BCUT2D eigenvalue weighted by Crippen LogP contribution is 2.22. The molecule has 0 aliphatic carbocycles. The molecule has 15 heteroatoms. The maximum Gasteiger partial charge on any atom is 0.341 e. The number of rotatable bonds is 3. The molecular weight excluding hydrogens is 792 g/mol. The smallest absolute Gasteiger partial charge is 0.341 e. The number of carboxylic acids is 1. The van der Waals surface area contributed by atoms with Crippen LogP contribution in [0, 0.1) is 13.8 Å². The van der Waals surface area contributed by atoms with Crippen LogP contribution in [0.2, 0.25) is 0 Å². The van der Waals surface area contributed by atoms with Crippen LogP contribution >= 0.6 is 31.9 Å². The van der Waals surface area contributed by atoms with E-state index in [0.29, 0.717) is 10.9 Å². The lowest BCUT2D eigenvalue weighted by atomic mass is 10.1. The molecule has 0 atom stereocenters. The van der Waals surface area contributed by atoms with E-state index in [-0.39, 0.29) is 11.0 Å². The molecule has 0 bridgehead atoms. The van der Waals surface area contributed by atoms with Crippen LogP contribution in [0.15, 0.2) is 122 Å². The molecule has 0 unspecified atom stereocenters. The van der Waals surface area contributed by atoms with E-state index in [0.717, 1.165) is 42.5 Å². The second kappa shape index (κ2) is 20.4. The maximum absolute atomic E-state index is 11.8. The summed E-state index contributed by atoms with van der Waals surface area (Å²) in [5.41, 5.74) is 2.80. The van der Waals surface area contributed by atoms with E-state index in [1.54, 1.807) is 18.3 Å². The van der Waals surface area contributed by atoms with Gasteiger partial charge in [0.05, 0.1) is 11.0 Å². The number of aromatic carboxylic acids is 1. The van der Waals surface area contributed by atoms with Gasteiger partial charge in [-0.1, -0.05) is 68.3 Å². The van der Waals surface area contributed by atoms with Gasteiger partial charge in [0.25, 0.3) is 0 Å².